The minimum Gasteiger partial charge on any atom is -0.328 e. The van der Waals surface area contributed by atoms with Crippen molar-refractivity contribution in [3.8, 4) is 0 Å². The van der Waals surface area contributed by atoms with Gasteiger partial charge in [0, 0.05) is 22.1 Å². The zero-order chi connectivity index (χ0) is 24.9. The smallest absolute Gasteiger partial charge is 0.237 e. The maximum absolute atomic E-state index is 14.6. The number of rotatable bonds is 4. The van der Waals surface area contributed by atoms with Gasteiger partial charge < -0.3 is 19.8 Å². The van der Waals surface area contributed by atoms with Crippen molar-refractivity contribution in [1.29, 1.82) is 0 Å². The zero-order valence-electron chi connectivity index (χ0n) is 17.5. The number of hydrogen-bond donors (Lipinski definition) is 1. The van der Waals surface area contributed by atoms with Crippen molar-refractivity contribution in [2.75, 3.05) is 10.2 Å². The van der Waals surface area contributed by atoms with Crippen LogP contribution in [0.15, 0.2) is 30.6 Å². The second-order valence-electron chi connectivity index (χ2n) is 7.07. The number of anilines is 3. The van der Waals surface area contributed by atoms with E-state index in [4.69, 9.17) is 21.2 Å². The van der Waals surface area contributed by atoms with E-state index in [0.717, 1.165) is 17.6 Å². The first-order valence-corrected chi connectivity index (χ1v) is 10.2. The number of nitrogens with one attached hydrogen (secondary N) is 1. The molecule has 0 fully saturated rings. The Morgan fingerprint density at radius 3 is 2.39 bits per heavy atom. The highest BCUT2D eigenvalue weighted by atomic mass is 35.5. The number of aromatic nitrogens is 2. The third kappa shape index (κ3) is 4.88. The first-order valence-electron chi connectivity index (χ1n) is 9.10. The Morgan fingerprint density at radius 1 is 1.12 bits per heavy atom. The molecule has 3 aromatic rings. The van der Waals surface area contributed by atoms with Crippen molar-refractivity contribution >= 4 is 59.1 Å². The third-order valence-electron chi connectivity index (χ3n) is 4.84. The number of benzene rings is 2. The molecule has 174 valence electrons. The van der Waals surface area contributed by atoms with Gasteiger partial charge in [-0.1, -0.05) is 11.6 Å². The molecule has 0 radical (unpaired) electrons. The molecule has 0 atom stereocenters. The molecule has 33 heavy (non-hydrogen) atoms. The predicted molar refractivity (Wildman–Crippen MR) is 119 cm³/mol. The maximum Gasteiger partial charge on any atom is 0.237 e. The van der Waals surface area contributed by atoms with Crippen molar-refractivity contribution in [3.63, 3.8) is 0 Å². The molecule has 0 bridgehead atoms. The van der Waals surface area contributed by atoms with E-state index in [2.05, 4.69) is 14.7 Å². The molecule has 1 amide bonds. The summed E-state index contributed by atoms with van der Waals surface area (Å²) in [6.07, 6.45) is 1.33. The normalized spacial score (nSPS) is 13.4. The number of carbonyl (C=O) groups is 3. The van der Waals surface area contributed by atoms with Gasteiger partial charge in [-0.15, -0.1) is 0 Å². The molecule has 7 nitrogen and oxygen atoms in total. The molecule has 0 saturated heterocycles. The topological polar surface area (TPSA) is 92.3 Å². The van der Waals surface area contributed by atoms with Crippen LogP contribution in [0.2, 0.25) is 5.02 Å². The lowest BCUT2D eigenvalue weighted by molar-refractivity contribution is -0.122. The van der Waals surface area contributed by atoms with Crippen LogP contribution in [-0.4, -0.2) is 28.8 Å². The lowest BCUT2D eigenvalue weighted by atomic mass is 9.86. The molecule has 0 aliphatic carbocycles. The first kappa shape index (κ1) is 25.9. The van der Waals surface area contributed by atoms with E-state index in [9.17, 15) is 18.0 Å². The van der Waals surface area contributed by atoms with Gasteiger partial charge in [-0.3, -0.25) is 4.79 Å². The molecule has 0 saturated carbocycles. The fourth-order valence-corrected chi connectivity index (χ4v) is 4.06. The first-order chi connectivity index (χ1) is 15.7. The molecule has 1 aromatic heterocycles. The minimum absolute atomic E-state index is 0.0198. The van der Waals surface area contributed by atoms with Gasteiger partial charge in [0.2, 0.25) is 11.0 Å². The molecular weight excluding hydrogens is 481 g/mol. The van der Waals surface area contributed by atoms with Crippen molar-refractivity contribution < 1.29 is 27.6 Å². The highest BCUT2D eigenvalue weighted by Gasteiger charge is 2.46. The maximum atomic E-state index is 14.6. The van der Waals surface area contributed by atoms with Crippen LogP contribution in [0, 0.1) is 17.5 Å². The molecule has 2 heterocycles. The van der Waals surface area contributed by atoms with E-state index in [1.165, 1.54) is 43.3 Å². The Bertz CT molecular complexity index is 1160. The highest BCUT2D eigenvalue weighted by Crippen LogP contribution is 2.44. The van der Waals surface area contributed by atoms with Crippen LogP contribution in [0.4, 0.5) is 29.7 Å². The second-order valence-corrected chi connectivity index (χ2v) is 8.25. The summed E-state index contributed by atoms with van der Waals surface area (Å²) in [5.74, 6) is -3.11. The quantitative estimate of drug-likeness (QED) is 0.555. The van der Waals surface area contributed by atoms with Crippen LogP contribution in [0.1, 0.15) is 25.0 Å². The van der Waals surface area contributed by atoms with Crippen LogP contribution in [0.25, 0.3) is 0 Å². The minimum atomic E-state index is -1.26. The summed E-state index contributed by atoms with van der Waals surface area (Å²) in [6, 6.07) is 4.89. The van der Waals surface area contributed by atoms with Crippen LogP contribution in [0.3, 0.4) is 0 Å². The van der Waals surface area contributed by atoms with Crippen molar-refractivity contribution in [2.24, 2.45) is 0 Å². The fraction of sp³-hybridized carbons (Fsp3) is 0.190. The molecular formula is C21H18ClF3N4O3S. The summed E-state index contributed by atoms with van der Waals surface area (Å²) < 4.78 is 46.5. The van der Waals surface area contributed by atoms with Crippen molar-refractivity contribution in [1.82, 2.24) is 9.36 Å². The molecule has 0 unspecified atom stereocenters. The predicted octanol–water partition coefficient (Wildman–Crippen LogP) is 4.81. The summed E-state index contributed by atoms with van der Waals surface area (Å²) in [5, 5.41) is 3.39. The summed E-state index contributed by atoms with van der Waals surface area (Å²) in [4.78, 5) is 34.1. The standard InChI is InChI=1S/C19H14ClF3N4OS.2CH2O/c1-19(2)15-14(4-3-11(21)16(15)23)27(17(19)28)7-9-5-12(22)13(6-10(9)20)26-18-24-8-25-29-18;2*1-2/h3-6,8H,7H2,1-2H3,(H,24,25,26);2*1H2. The summed E-state index contributed by atoms with van der Waals surface area (Å²) in [6.45, 7) is 6.96. The van der Waals surface area contributed by atoms with Gasteiger partial charge in [0.25, 0.3) is 0 Å². The lowest BCUT2D eigenvalue weighted by Crippen LogP contribution is -2.36. The van der Waals surface area contributed by atoms with E-state index >= 15 is 0 Å². The number of amides is 1. The molecule has 12 heteroatoms. The average Bonchev–Trinajstić information content (AvgIpc) is 3.38. The second kappa shape index (κ2) is 10.5. The lowest BCUT2D eigenvalue weighted by Gasteiger charge is -2.21. The third-order valence-corrected chi connectivity index (χ3v) is 5.77. The van der Waals surface area contributed by atoms with E-state index in [1.807, 2.05) is 13.6 Å². The van der Waals surface area contributed by atoms with E-state index < -0.39 is 28.8 Å². The number of hydrogen-bond acceptors (Lipinski definition) is 7. The Kier molecular flexibility index (Phi) is 8.29. The van der Waals surface area contributed by atoms with Gasteiger partial charge >= 0.3 is 0 Å². The van der Waals surface area contributed by atoms with E-state index in [-0.39, 0.29) is 28.5 Å². The Hall–Kier alpha value is -3.31. The average molecular weight is 499 g/mol. The van der Waals surface area contributed by atoms with Crippen molar-refractivity contribution in [3.05, 3.63) is 64.2 Å². The van der Waals surface area contributed by atoms with Crippen LogP contribution in [0.5, 0.6) is 0 Å². The number of carbonyl (C=O) groups excluding carboxylic acids is 3. The number of halogens is 4. The molecule has 4 rings (SSSR count). The number of fused-ring (bicyclic) bond motifs is 1. The van der Waals surface area contributed by atoms with Gasteiger partial charge in [0.15, 0.2) is 11.6 Å². The fourth-order valence-electron chi connectivity index (χ4n) is 3.39. The Balaban J connectivity index is 0.000000914. The van der Waals surface area contributed by atoms with Gasteiger partial charge in [0.1, 0.15) is 25.7 Å². The molecule has 1 N–H and O–H groups in total. The largest absolute Gasteiger partial charge is 0.328 e. The SMILES string of the molecule is C=O.C=O.CC1(C)C(=O)N(Cc2cc(F)c(Nc3ncns3)cc2Cl)c2ccc(F)c(F)c21. The van der Waals surface area contributed by atoms with Gasteiger partial charge in [-0.2, -0.15) is 4.37 Å². The Labute approximate surface area is 196 Å². The summed E-state index contributed by atoms with van der Waals surface area (Å²) in [7, 11) is 0. The van der Waals surface area contributed by atoms with Gasteiger partial charge in [-0.25, -0.2) is 18.2 Å². The summed E-state index contributed by atoms with van der Waals surface area (Å²) in [5.41, 5.74) is -0.600. The molecule has 1 aliphatic rings. The van der Waals surface area contributed by atoms with E-state index in [0.29, 0.717) is 10.7 Å². The van der Waals surface area contributed by atoms with Crippen LogP contribution < -0.4 is 10.2 Å². The molecule has 2 aromatic carbocycles. The van der Waals surface area contributed by atoms with Crippen LogP contribution in [-0.2, 0) is 26.3 Å². The van der Waals surface area contributed by atoms with Crippen molar-refractivity contribution in [2.45, 2.75) is 25.8 Å². The number of nitrogens with zero attached hydrogens (tertiary/aromatic N) is 3. The van der Waals surface area contributed by atoms with E-state index in [1.54, 1.807) is 0 Å². The van der Waals surface area contributed by atoms with Crippen LogP contribution >= 0.6 is 23.1 Å². The molecule has 1 aliphatic heterocycles. The monoisotopic (exact) mass is 498 g/mol. The molecule has 0 spiro atoms. The zero-order valence-corrected chi connectivity index (χ0v) is 19.1. The Morgan fingerprint density at radius 2 is 1.79 bits per heavy atom. The van der Waals surface area contributed by atoms with Gasteiger partial charge in [-0.05, 0) is 43.7 Å². The van der Waals surface area contributed by atoms with Gasteiger partial charge in [0.05, 0.1) is 23.3 Å². The highest BCUT2D eigenvalue weighted by molar-refractivity contribution is 7.09. The summed E-state index contributed by atoms with van der Waals surface area (Å²) >= 11 is 7.37.